The SMILES string of the molecule is C=C(N)CN(C)C(=C)CCCC(=C)ON1C(=C)CCC1=C. The van der Waals surface area contributed by atoms with Crippen molar-refractivity contribution in [1.82, 2.24) is 9.96 Å². The van der Waals surface area contributed by atoms with Gasteiger partial charge in [-0.1, -0.05) is 32.9 Å². The van der Waals surface area contributed by atoms with Crippen molar-refractivity contribution in [3.05, 3.63) is 61.4 Å². The Morgan fingerprint density at radius 3 is 2.29 bits per heavy atom. The fourth-order valence-electron chi connectivity index (χ4n) is 2.12. The lowest BCUT2D eigenvalue weighted by Gasteiger charge is -2.23. The molecule has 4 nitrogen and oxygen atoms in total. The summed E-state index contributed by atoms with van der Waals surface area (Å²) in [4.78, 5) is 7.72. The van der Waals surface area contributed by atoms with Gasteiger partial charge >= 0.3 is 0 Å². The first-order valence-corrected chi connectivity index (χ1v) is 7.15. The van der Waals surface area contributed by atoms with Crippen LogP contribution >= 0.6 is 0 Å². The molecule has 1 rings (SSSR count). The molecule has 1 saturated heterocycles. The van der Waals surface area contributed by atoms with Crippen LogP contribution in [0.1, 0.15) is 32.1 Å². The van der Waals surface area contributed by atoms with Gasteiger partial charge in [0.05, 0.1) is 17.9 Å². The first-order chi connectivity index (χ1) is 9.81. The lowest BCUT2D eigenvalue weighted by molar-refractivity contribution is -0.0511. The van der Waals surface area contributed by atoms with Gasteiger partial charge in [0.15, 0.2) is 0 Å². The first kappa shape index (κ1) is 17.0. The predicted octanol–water partition coefficient (Wildman–Crippen LogP) is 3.64. The molecule has 1 aliphatic rings. The topological polar surface area (TPSA) is 41.7 Å². The molecule has 4 heteroatoms. The molecule has 0 amide bonds. The van der Waals surface area contributed by atoms with Crippen LogP contribution in [0.2, 0.25) is 0 Å². The maximum absolute atomic E-state index is 5.71. The van der Waals surface area contributed by atoms with E-state index in [1.165, 1.54) is 0 Å². The van der Waals surface area contributed by atoms with E-state index in [0.717, 1.165) is 55.0 Å². The van der Waals surface area contributed by atoms with Crippen LogP contribution in [0.5, 0.6) is 0 Å². The van der Waals surface area contributed by atoms with E-state index in [1.807, 2.05) is 11.9 Å². The van der Waals surface area contributed by atoms with Gasteiger partial charge in [-0.2, -0.15) is 5.06 Å². The zero-order chi connectivity index (χ0) is 16.0. The number of allylic oxidation sites excluding steroid dienone is 4. The molecule has 1 aliphatic heterocycles. The Hall–Kier alpha value is -2.10. The Kier molecular flexibility index (Phi) is 6.15. The number of rotatable bonds is 9. The number of hydroxylamine groups is 2. The molecule has 0 atom stereocenters. The lowest BCUT2D eigenvalue weighted by Crippen LogP contribution is -2.22. The highest BCUT2D eigenvalue weighted by Gasteiger charge is 2.21. The number of nitrogens with zero attached hydrogens (tertiary/aromatic N) is 2. The number of hydrogen-bond donors (Lipinski definition) is 1. The van der Waals surface area contributed by atoms with Crippen molar-refractivity contribution in [2.45, 2.75) is 32.1 Å². The van der Waals surface area contributed by atoms with Crippen molar-refractivity contribution in [2.24, 2.45) is 5.73 Å². The molecule has 0 aromatic carbocycles. The Morgan fingerprint density at radius 1 is 1.19 bits per heavy atom. The van der Waals surface area contributed by atoms with Crippen molar-refractivity contribution >= 4 is 0 Å². The van der Waals surface area contributed by atoms with E-state index in [0.29, 0.717) is 12.2 Å². The Bertz CT molecular complexity index is 449. The fraction of sp³-hybridized carbons (Fsp3) is 0.412. The number of likely N-dealkylation sites (N-methyl/N-ethyl adjacent to an activating group) is 1. The van der Waals surface area contributed by atoms with Crippen molar-refractivity contribution in [1.29, 1.82) is 0 Å². The predicted molar refractivity (Wildman–Crippen MR) is 88.5 cm³/mol. The third-order valence-electron chi connectivity index (χ3n) is 3.40. The van der Waals surface area contributed by atoms with E-state index in [4.69, 9.17) is 10.6 Å². The molecule has 21 heavy (non-hydrogen) atoms. The van der Waals surface area contributed by atoms with E-state index >= 15 is 0 Å². The maximum Gasteiger partial charge on any atom is 0.125 e. The van der Waals surface area contributed by atoms with Crippen LogP contribution < -0.4 is 5.73 Å². The van der Waals surface area contributed by atoms with Gasteiger partial charge in [-0.3, -0.25) is 0 Å². The standard InChI is InChI=1S/C17H27N3O/c1-13(18)12-19(6)14(2)8-7-9-17(5)21-20-15(3)10-11-16(20)4/h1-5,7-12,18H2,6H3. The molecular formula is C17H27N3O. The summed E-state index contributed by atoms with van der Waals surface area (Å²) >= 11 is 0. The van der Waals surface area contributed by atoms with Gasteiger partial charge in [0.2, 0.25) is 0 Å². The van der Waals surface area contributed by atoms with Crippen molar-refractivity contribution < 1.29 is 4.84 Å². The molecule has 0 aromatic rings. The van der Waals surface area contributed by atoms with Crippen LogP contribution in [0.4, 0.5) is 0 Å². The minimum absolute atomic E-state index is 0.629. The molecule has 0 unspecified atom stereocenters. The monoisotopic (exact) mass is 289 g/mol. The molecule has 0 bridgehead atoms. The highest BCUT2D eigenvalue weighted by molar-refractivity contribution is 5.13. The summed E-state index contributed by atoms with van der Waals surface area (Å²) in [5.74, 6) is 0.720. The minimum atomic E-state index is 0.629. The van der Waals surface area contributed by atoms with Crippen molar-refractivity contribution in [3.8, 4) is 0 Å². The molecule has 1 fully saturated rings. The highest BCUT2D eigenvalue weighted by atomic mass is 16.7. The van der Waals surface area contributed by atoms with E-state index in [9.17, 15) is 0 Å². The van der Waals surface area contributed by atoms with Gasteiger partial charge in [-0.05, 0) is 25.7 Å². The molecule has 0 aromatic heterocycles. The summed E-state index contributed by atoms with van der Waals surface area (Å²) in [6, 6.07) is 0. The Balaban J connectivity index is 2.27. The quantitative estimate of drug-likeness (QED) is 0.658. The number of nitrogens with two attached hydrogens (primary N) is 1. The molecule has 0 spiro atoms. The Morgan fingerprint density at radius 2 is 1.76 bits per heavy atom. The summed E-state index contributed by atoms with van der Waals surface area (Å²) in [5, 5.41) is 1.70. The largest absolute Gasteiger partial charge is 0.401 e. The van der Waals surface area contributed by atoms with Gasteiger partial charge in [0.1, 0.15) is 5.76 Å². The molecule has 1 heterocycles. The van der Waals surface area contributed by atoms with E-state index < -0.39 is 0 Å². The maximum atomic E-state index is 5.71. The first-order valence-electron chi connectivity index (χ1n) is 7.15. The van der Waals surface area contributed by atoms with Crippen molar-refractivity contribution in [3.63, 3.8) is 0 Å². The Labute approximate surface area is 128 Å². The third kappa shape index (κ3) is 5.42. The fourth-order valence-corrected chi connectivity index (χ4v) is 2.12. The molecular weight excluding hydrogens is 262 g/mol. The third-order valence-corrected chi connectivity index (χ3v) is 3.40. The normalized spacial score (nSPS) is 14.2. The van der Waals surface area contributed by atoms with E-state index in [-0.39, 0.29) is 0 Å². The summed E-state index contributed by atoms with van der Waals surface area (Å²) < 4.78 is 0. The number of hydrogen-bond acceptors (Lipinski definition) is 4. The smallest absolute Gasteiger partial charge is 0.125 e. The van der Waals surface area contributed by atoms with E-state index in [2.05, 4.69) is 32.9 Å². The summed E-state index contributed by atoms with van der Waals surface area (Å²) in [7, 11) is 1.96. The molecule has 0 radical (unpaired) electrons. The van der Waals surface area contributed by atoms with Crippen molar-refractivity contribution in [2.75, 3.05) is 13.6 Å². The van der Waals surface area contributed by atoms with Crippen LogP contribution in [0.15, 0.2) is 61.4 Å². The van der Waals surface area contributed by atoms with Crippen LogP contribution in [-0.2, 0) is 4.84 Å². The van der Waals surface area contributed by atoms with Crippen LogP contribution in [0.25, 0.3) is 0 Å². The second-order valence-electron chi connectivity index (χ2n) is 5.49. The molecule has 116 valence electrons. The van der Waals surface area contributed by atoms with E-state index in [1.54, 1.807) is 5.06 Å². The van der Waals surface area contributed by atoms with Crippen LogP contribution in [-0.4, -0.2) is 23.6 Å². The van der Waals surface area contributed by atoms with Gasteiger partial charge in [-0.25, -0.2) is 0 Å². The van der Waals surface area contributed by atoms with Crippen LogP contribution in [0, 0.1) is 0 Å². The average Bonchev–Trinajstić information content (AvgIpc) is 2.69. The van der Waals surface area contributed by atoms with Gasteiger partial charge in [0.25, 0.3) is 0 Å². The summed E-state index contributed by atoms with van der Waals surface area (Å²) in [6.45, 7) is 20.2. The second kappa shape index (κ2) is 7.62. The van der Waals surface area contributed by atoms with Gasteiger partial charge < -0.3 is 15.5 Å². The lowest BCUT2D eigenvalue weighted by atomic mass is 10.2. The second-order valence-corrected chi connectivity index (χ2v) is 5.49. The molecule has 0 saturated carbocycles. The molecule has 0 aliphatic carbocycles. The zero-order valence-corrected chi connectivity index (χ0v) is 13.2. The summed E-state index contributed by atoms with van der Waals surface area (Å²) in [5.41, 5.74) is 9.13. The minimum Gasteiger partial charge on any atom is -0.401 e. The average molecular weight is 289 g/mol. The van der Waals surface area contributed by atoms with Gasteiger partial charge in [0, 0.05) is 24.9 Å². The van der Waals surface area contributed by atoms with Gasteiger partial charge in [-0.15, -0.1) is 0 Å². The zero-order valence-electron chi connectivity index (χ0n) is 13.2. The van der Waals surface area contributed by atoms with Crippen LogP contribution in [0.3, 0.4) is 0 Å². The molecule has 2 N–H and O–H groups in total. The summed E-state index contributed by atoms with van der Waals surface area (Å²) in [6.07, 6.45) is 4.36. The highest BCUT2D eigenvalue weighted by Crippen LogP contribution is 2.30.